The second-order valence-corrected chi connectivity index (χ2v) is 4.90. The molecule has 1 aromatic carbocycles. The third kappa shape index (κ3) is 2.35. The Kier molecular flexibility index (Phi) is 3.33. The molecule has 4 nitrogen and oxygen atoms in total. The molecule has 0 saturated carbocycles. The van der Waals surface area contributed by atoms with Gasteiger partial charge >= 0.3 is 0 Å². The molecule has 21 heavy (non-hydrogen) atoms. The first-order valence-corrected chi connectivity index (χ1v) is 6.81. The summed E-state index contributed by atoms with van der Waals surface area (Å²) in [5, 5.41) is 5.48. The van der Waals surface area contributed by atoms with E-state index in [1.165, 1.54) is 13.2 Å². The molecule has 0 bridgehead atoms. The first-order chi connectivity index (χ1) is 10.1. The van der Waals surface area contributed by atoms with E-state index >= 15 is 0 Å². The van der Waals surface area contributed by atoms with Crippen LogP contribution in [0.3, 0.4) is 0 Å². The van der Waals surface area contributed by atoms with E-state index in [9.17, 15) is 4.39 Å². The van der Waals surface area contributed by atoms with Crippen molar-refractivity contribution in [2.75, 3.05) is 7.11 Å². The van der Waals surface area contributed by atoms with Crippen LogP contribution < -0.4 is 4.74 Å². The Morgan fingerprint density at radius 2 is 2.10 bits per heavy atom. The minimum Gasteiger partial charge on any atom is -0.494 e. The van der Waals surface area contributed by atoms with Gasteiger partial charge in [0, 0.05) is 23.7 Å². The lowest BCUT2D eigenvalue weighted by molar-refractivity contribution is 0.387. The Balaban J connectivity index is 2.16. The Labute approximate surface area is 122 Å². The monoisotopic (exact) mass is 285 g/mol. The molecule has 2 aromatic heterocycles. The number of aromatic nitrogens is 3. The van der Waals surface area contributed by atoms with Crippen LogP contribution in [0.2, 0.25) is 0 Å². The average Bonchev–Trinajstić information content (AvgIpc) is 2.91. The molecule has 0 fully saturated rings. The van der Waals surface area contributed by atoms with Crippen molar-refractivity contribution in [1.82, 2.24) is 14.8 Å². The van der Waals surface area contributed by atoms with E-state index in [1.807, 2.05) is 30.8 Å². The summed E-state index contributed by atoms with van der Waals surface area (Å²) in [6.07, 6.45) is 1.99. The zero-order valence-corrected chi connectivity index (χ0v) is 12.2. The number of hydrogen-bond acceptors (Lipinski definition) is 3. The SMILES string of the molecule is CCn1cc2c(C)cc(-c3ccc(F)c(OC)c3)nc2n1. The Hall–Kier alpha value is -2.43. The summed E-state index contributed by atoms with van der Waals surface area (Å²) >= 11 is 0. The summed E-state index contributed by atoms with van der Waals surface area (Å²) in [6, 6.07) is 6.72. The van der Waals surface area contributed by atoms with Crippen LogP contribution in [-0.4, -0.2) is 21.9 Å². The summed E-state index contributed by atoms with van der Waals surface area (Å²) in [5.41, 5.74) is 3.37. The van der Waals surface area contributed by atoms with Crippen molar-refractivity contribution in [1.29, 1.82) is 0 Å². The predicted octanol–water partition coefficient (Wildman–Crippen LogP) is 3.57. The topological polar surface area (TPSA) is 39.9 Å². The minimum absolute atomic E-state index is 0.214. The van der Waals surface area contributed by atoms with Crippen LogP contribution in [0.4, 0.5) is 4.39 Å². The number of ether oxygens (including phenoxy) is 1. The van der Waals surface area contributed by atoms with Gasteiger partial charge in [-0.05, 0) is 43.7 Å². The molecule has 0 aliphatic heterocycles. The van der Waals surface area contributed by atoms with Crippen molar-refractivity contribution in [2.24, 2.45) is 0 Å². The van der Waals surface area contributed by atoms with Gasteiger partial charge in [0.25, 0.3) is 0 Å². The maximum absolute atomic E-state index is 13.5. The molecule has 0 saturated heterocycles. The first-order valence-electron chi connectivity index (χ1n) is 6.81. The second kappa shape index (κ2) is 5.16. The van der Waals surface area contributed by atoms with Crippen LogP contribution in [0.1, 0.15) is 12.5 Å². The normalized spacial score (nSPS) is 11.0. The van der Waals surface area contributed by atoms with E-state index in [0.717, 1.165) is 28.8 Å². The maximum atomic E-state index is 13.5. The summed E-state index contributed by atoms with van der Waals surface area (Å²) < 4.78 is 20.4. The van der Waals surface area contributed by atoms with Gasteiger partial charge in [-0.1, -0.05) is 0 Å². The molecule has 3 aromatic rings. The van der Waals surface area contributed by atoms with Gasteiger partial charge < -0.3 is 4.74 Å². The lowest BCUT2D eigenvalue weighted by Gasteiger charge is -2.06. The summed E-state index contributed by atoms with van der Waals surface area (Å²) in [6.45, 7) is 4.86. The van der Waals surface area contributed by atoms with Crippen molar-refractivity contribution < 1.29 is 9.13 Å². The number of hydrogen-bond donors (Lipinski definition) is 0. The molecule has 0 atom stereocenters. The van der Waals surface area contributed by atoms with E-state index in [0.29, 0.717) is 5.65 Å². The van der Waals surface area contributed by atoms with Crippen LogP contribution in [0.25, 0.3) is 22.3 Å². The molecule has 108 valence electrons. The fraction of sp³-hybridized carbons (Fsp3) is 0.250. The fourth-order valence-corrected chi connectivity index (χ4v) is 2.33. The van der Waals surface area contributed by atoms with E-state index in [-0.39, 0.29) is 11.6 Å². The Bertz CT molecular complexity index is 811. The molecule has 0 unspecified atom stereocenters. The highest BCUT2D eigenvalue weighted by Gasteiger charge is 2.11. The maximum Gasteiger partial charge on any atom is 0.181 e. The van der Waals surface area contributed by atoms with Crippen LogP contribution in [0.5, 0.6) is 5.75 Å². The highest BCUT2D eigenvalue weighted by molar-refractivity contribution is 5.81. The van der Waals surface area contributed by atoms with E-state index in [1.54, 1.807) is 12.1 Å². The highest BCUT2D eigenvalue weighted by atomic mass is 19.1. The highest BCUT2D eigenvalue weighted by Crippen LogP contribution is 2.28. The van der Waals surface area contributed by atoms with Gasteiger partial charge in [-0.15, -0.1) is 0 Å². The number of halogens is 1. The molecular formula is C16H16FN3O. The third-order valence-electron chi connectivity index (χ3n) is 3.52. The van der Waals surface area contributed by atoms with Gasteiger partial charge in [-0.2, -0.15) is 5.10 Å². The number of pyridine rings is 1. The average molecular weight is 285 g/mol. The third-order valence-corrected chi connectivity index (χ3v) is 3.52. The van der Waals surface area contributed by atoms with E-state index in [4.69, 9.17) is 4.74 Å². The number of aryl methyl sites for hydroxylation is 2. The molecule has 0 N–H and O–H groups in total. The molecule has 0 aliphatic rings. The fourth-order valence-electron chi connectivity index (χ4n) is 2.33. The number of benzene rings is 1. The first kappa shape index (κ1) is 13.5. The zero-order chi connectivity index (χ0) is 15.0. The lowest BCUT2D eigenvalue weighted by atomic mass is 10.1. The van der Waals surface area contributed by atoms with Crippen LogP contribution in [-0.2, 0) is 6.54 Å². The minimum atomic E-state index is -0.380. The molecule has 0 amide bonds. The molecule has 0 radical (unpaired) electrons. The molecule has 5 heteroatoms. The number of rotatable bonds is 3. The van der Waals surface area contributed by atoms with Crippen molar-refractivity contribution in [3.63, 3.8) is 0 Å². The van der Waals surface area contributed by atoms with Crippen LogP contribution >= 0.6 is 0 Å². The van der Waals surface area contributed by atoms with Crippen molar-refractivity contribution in [2.45, 2.75) is 20.4 Å². The van der Waals surface area contributed by atoms with Crippen LogP contribution in [0, 0.1) is 12.7 Å². The van der Waals surface area contributed by atoms with Crippen molar-refractivity contribution in [3.05, 3.63) is 41.8 Å². The number of fused-ring (bicyclic) bond motifs is 1. The summed E-state index contributed by atoms with van der Waals surface area (Å²) in [5.74, 6) is -0.166. The Morgan fingerprint density at radius 3 is 2.81 bits per heavy atom. The van der Waals surface area contributed by atoms with Crippen LogP contribution in [0.15, 0.2) is 30.5 Å². The number of nitrogens with zero attached hydrogens (tertiary/aromatic N) is 3. The molecule has 3 rings (SSSR count). The summed E-state index contributed by atoms with van der Waals surface area (Å²) in [7, 11) is 1.45. The van der Waals surface area contributed by atoms with Gasteiger partial charge in [0.15, 0.2) is 17.2 Å². The largest absolute Gasteiger partial charge is 0.494 e. The van der Waals surface area contributed by atoms with Crippen molar-refractivity contribution >= 4 is 11.0 Å². The van der Waals surface area contributed by atoms with Gasteiger partial charge in [-0.3, -0.25) is 4.68 Å². The zero-order valence-electron chi connectivity index (χ0n) is 12.2. The van der Waals surface area contributed by atoms with Gasteiger partial charge in [0.1, 0.15) is 0 Å². The van der Waals surface area contributed by atoms with E-state index in [2.05, 4.69) is 10.1 Å². The summed E-state index contributed by atoms with van der Waals surface area (Å²) in [4.78, 5) is 4.57. The van der Waals surface area contributed by atoms with Crippen molar-refractivity contribution in [3.8, 4) is 17.0 Å². The predicted molar refractivity (Wildman–Crippen MR) is 79.9 cm³/mol. The number of methoxy groups -OCH3 is 1. The molecular weight excluding hydrogens is 269 g/mol. The lowest BCUT2D eigenvalue weighted by Crippen LogP contribution is -1.93. The van der Waals surface area contributed by atoms with Gasteiger partial charge in [-0.25, -0.2) is 9.37 Å². The van der Waals surface area contributed by atoms with E-state index < -0.39 is 0 Å². The van der Waals surface area contributed by atoms with Gasteiger partial charge in [0.2, 0.25) is 0 Å². The second-order valence-electron chi connectivity index (χ2n) is 4.90. The van der Waals surface area contributed by atoms with Gasteiger partial charge in [0.05, 0.1) is 12.8 Å². The standard InChI is InChI=1S/C16H16FN3O/c1-4-20-9-12-10(2)7-14(18-16(12)19-20)11-5-6-13(17)15(8-11)21-3/h5-9H,4H2,1-3H3. The quantitative estimate of drug-likeness (QED) is 0.738. The smallest absolute Gasteiger partial charge is 0.181 e. The molecule has 0 aliphatic carbocycles. The molecule has 0 spiro atoms. The Morgan fingerprint density at radius 1 is 1.29 bits per heavy atom. The molecule has 2 heterocycles.